The molecule has 2 aromatic carbocycles. The number of para-hydroxylation sites is 1. The SMILES string of the molecule is Cc1ccc(-c2nc(CCNC(=O)c3cc(C)n(-c4ccccc4)n3)cs2)cc1. The molecule has 0 radical (unpaired) electrons. The van der Waals surface area contributed by atoms with Gasteiger partial charge in [-0.25, -0.2) is 9.67 Å². The number of aryl methyl sites for hydroxylation is 2. The Bertz CT molecular complexity index is 1110. The molecule has 4 rings (SSSR count). The van der Waals surface area contributed by atoms with E-state index in [0.29, 0.717) is 18.7 Å². The Balaban J connectivity index is 1.35. The quantitative estimate of drug-likeness (QED) is 0.513. The number of carbonyl (C=O) groups excluding carboxylic acids is 1. The summed E-state index contributed by atoms with van der Waals surface area (Å²) in [5, 5.41) is 10.4. The van der Waals surface area contributed by atoms with Crippen LogP contribution in [0.5, 0.6) is 0 Å². The second kappa shape index (κ2) is 8.41. The fraction of sp³-hybridized carbons (Fsp3) is 0.174. The van der Waals surface area contributed by atoms with Crippen LogP contribution >= 0.6 is 11.3 Å². The van der Waals surface area contributed by atoms with Crippen molar-refractivity contribution in [1.82, 2.24) is 20.1 Å². The van der Waals surface area contributed by atoms with Gasteiger partial charge in [0.2, 0.25) is 0 Å². The molecule has 0 saturated carbocycles. The molecule has 29 heavy (non-hydrogen) atoms. The molecule has 0 aliphatic rings. The first-order valence-electron chi connectivity index (χ1n) is 9.52. The van der Waals surface area contributed by atoms with Crippen molar-refractivity contribution in [3.05, 3.63) is 88.7 Å². The number of hydrogen-bond donors (Lipinski definition) is 1. The molecule has 6 heteroatoms. The fourth-order valence-corrected chi connectivity index (χ4v) is 3.92. The summed E-state index contributed by atoms with van der Waals surface area (Å²) in [4.78, 5) is 17.2. The van der Waals surface area contributed by atoms with Gasteiger partial charge in [0.15, 0.2) is 5.69 Å². The van der Waals surface area contributed by atoms with Gasteiger partial charge in [-0.3, -0.25) is 4.79 Å². The predicted octanol–water partition coefficient (Wildman–Crippen LogP) is 4.59. The van der Waals surface area contributed by atoms with Gasteiger partial charge in [-0.05, 0) is 32.0 Å². The molecule has 4 aromatic rings. The summed E-state index contributed by atoms with van der Waals surface area (Å²) in [6, 6.07) is 20.0. The van der Waals surface area contributed by atoms with Crippen LogP contribution in [0.1, 0.15) is 27.4 Å². The molecule has 0 bridgehead atoms. The third-order valence-corrected chi connectivity index (χ3v) is 5.58. The third-order valence-electron chi connectivity index (χ3n) is 4.64. The molecule has 0 atom stereocenters. The maximum Gasteiger partial charge on any atom is 0.271 e. The van der Waals surface area contributed by atoms with Crippen LogP contribution in [0, 0.1) is 13.8 Å². The first-order chi connectivity index (χ1) is 14.1. The molecule has 0 spiro atoms. The Morgan fingerprint density at radius 3 is 2.59 bits per heavy atom. The summed E-state index contributed by atoms with van der Waals surface area (Å²) in [5.41, 5.74) is 5.62. The minimum absolute atomic E-state index is 0.170. The maximum atomic E-state index is 12.5. The lowest BCUT2D eigenvalue weighted by Gasteiger charge is -2.03. The Kier molecular flexibility index (Phi) is 5.53. The molecule has 1 amide bonds. The molecular formula is C23H22N4OS. The van der Waals surface area contributed by atoms with Crippen LogP contribution in [0.15, 0.2) is 66.0 Å². The molecule has 0 fully saturated rings. The number of rotatable bonds is 6. The molecular weight excluding hydrogens is 380 g/mol. The van der Waals surface area contributed by atoms with E-state index in [-0.39, 0.29) is 5.91 Å². The van der Waals surface area contributed by atoms with Crippen molar-refractivity contribution in [1.29, 1.82) is 0 Å². The fourth-order valence-electron chi connectivity index (χ4n) is 3.06. The van der Waals surface area contributed by atoms with Crippen molar-refractivity contribution in [3.63, 3.8) is 0 Å². The lowest BCUT2D eigenvalue weighted by atomic mass is 10.2. The Hall–Kier alpha value is -3.25. The highest BCUT2D eigenvalue weighted by atomic mass is 32.1. The second-order valence-electron chi connectivity index (χ2n) is 6.93. The zero-order valence-electron chi connectivity index (χ0n) is 16.4. The highest BCUT2D eigenvalue weighted by Crippen LogP contribution is 2.24. The topological polar surface area (TPSA) is 59.8 Å². The Morgan fingerprint density at radius 1 is 1.07 bits per heavy atom. The zero-order chi connectivity index (χ0) is 20.2. The van der Waals surface area contributed by atoms with Gasteiger partial charge in [0.25, 0.3) is 5.91 Å². The summed E-state index contributed by atoms with van der Waals surface area (Å²) in [6.07, 6.45) is 0.687. The van der Waals surface area contributed by atoms with Crippen LogP contribution in [-0.2, 0) is 6.42 Å². The zero-order valence-corrected chi connectivity index (χ0v) is 17.2. The number of thiazole rings is 1. The minimum atomic E-state index is -0.170. The summed E-state index contributed by atoms with van der Waals surface area (Å²) < 4.78 is 1.78. The first-order valence-corrected chi connectivity index (χ1v) is 10.4. The van der Waals surface area contributed by atoms with Crippen LogP contribution in [0.3, 0.4) is 0 Å². The van der Waals surface area contributed by atoms with E-state index in [2.05, 4.69) is 52.0 Å². The van der Waals surface area contributed by atoms with E-state index in [4.69, 9.17) is 0 Å². The van der Waals surface area contributed by atoms with E-state index in [9.17, 15) is 4.79 Å². The van der Waals surface area contributed by atoms with Gasteiger partial charge >= 0.3 is 0 Å². The summed E-state index contributed by atoms with van der Waals surface area (Å²) in [5.74, 6) is -0.170. The largest absolute Gasteiger partial charge is 0.350 e. The molecule has 5 nitrogen and oxygen atoms in total. The van der Waals surface area contributed by atoms with Crippen molar-refractivity contribution in [2.75, 3.05) is 6.54 Å². The number of nitrogens with zero attached hydrogens (tertiary/aromatic N) is 3. The molecule has 0 saturated heterocycles. The van der Waals surface area contributed by atoms with Gasteiger partial charge in [-0.2, -0.15) is 5.10 Å². The van der Waals surface area contributed by atoms with Gasteiger partial charge in [0.1, 0.15) is 5.01 Å². The normalized spacial score (nSPS) is 10.8. The van der Waals surface area contributed by atoms with Gasteiger partial charge < -0.3 is 5.32 Å². The van der Waals surface area contributed by atoms with Crippen molar-refractivity contribution in [2.24, 2.45) is 0 Å². The highest BCUT2D eigenvalue weighted by molar-refractivity contribution is 7.13. The van der Waals surface area contributed by atoms with Crippen LogP contribution < -0.4 is 5.32 Å². The molecule has 1 N–H and O–H groups in total. The van der Waals surface area contributed by atoms with Crippen LogP contribution in [0.4, 0.5) is 0 Å². The number of amides is 1. The van der Waals surface area contributed by atoms with E-state index in [1.165, 1.54) is 5.56 Å². The molecule has 0 unspecified atom stereocenters. The minimum Gasteiger partial charge on any atom is -0.350 e. The molecule has 146 valence electrons. The number of hydrogen-bond acceptors (Lipinski definition) is 4. The summed E-state index contributed by atoms with van der Waals surface area (Å²) in [6.45, 7) is 4.54. The lowest BCUT2D eigenvalue weighted by molar-refractivity contribution is 0.0948. The Labute approximate surface area is 174 Å². The van der Waals surface area contributed by atoms with Crippen molar-refractivity contribution in [2.45, 2.75) is 20.3 Å². The molecule has 2 aromatic heterocycles. The summed E-state index contributed by atoms with van der Waals surface area (Å²) >= 11 is 1.63. The third kappa shape index (κ3) is 4.43. The van der Waals surface area contributed by atoms with Crippen LogP contribution in [0.2, 0.25) is 0 Å². The molecule has 2 heterocycles. The second-order valence-corrected chi connectivity index (χ2v) is 7.79. The number of aromatic nitrogens is 3. The molecule has 0 aliphatic carbocycles. The number of benzene rings is 2. The maximum absolute atomic E-state index is 12.5. The van der Waals surface area contributed by atoms with Gasteiger partial charge in [-0.15, -0.1) is 11.3 Å². The Morgan fingerprint density at radius 2 is 1.83 bits per heavy atom. The monoisotopic (exact) mass is 402 g/mol. The lowest BCUT2D eigenvalue weighted by Crippen LogP contribution is -2.26. The van der Waals surface area contributed by atoms with Crippen LogP contribution in [-0.4, -0.2) is 27.2 Å². The van der Waals surface area contributed by atoms with Crippen LogP contribution in [0.25, 0.3) is 16.3 Å². The van der Waals surface area contributed by atoms with E-state index < -0.39 is 0 Å². The van der Waals surface area contributed by atoms with E-state index >= 15 is 0 Å². The number of nitrogens with one attached hydrogen (secondary N) is 1. The van der Waals surface area contributed by atoms with Gasteiger partial charge in [-0.1, -0.05) is 48.0 Å². The predicted molar refractivity (Wildman–Crippen MR) is 117 cm³/mol. The standard InChI is InChI=1S/C23H22N4OS/c1-16-8-10-18(11-9-16)23-25-19(15-29-23)12-13-24-22(28)21-14-17(2)27(26-21)20-6-4-3-5-7-20/h3-11,14-15H,12-13H2,1-2H3,(H,24,28). The average molecular weight is 403 g/mol. The average Bonchev–Trinajstić information content (AvgIpc) is 3.36. The van der Waals surface area contributed by atoms with E-state index in [0.717, 1.165) is 27.6 Å². The van der Waals surface area contributed by atoms with E-state index in [1.54, 1.807) is 22.1 Å². The number of carbonyl (C=O) groups is 1. The summed E-state index contributed by atoms with van der Waals surface area (Å²) in [7, 11) is 0. The molecule has 0 aliphatic heterocycles. The van der Waals surface area contributed by atoms with Gasteiger partial charge in [0.05, 0.1) is 11.4 Å². The smallest absolute Gasteiger partial charge is 0.271 e. The van der Waals surface area contributed by atoms with Crippen molar-refractivity contribution < 1.29 is 4.79 Å². The highest BCUT2D eigenvalue weighted by Gasteiger charge is 2.13. The van der Waals surface area contributed by atoms with E-state index in [1.807, 2.05) is 37.3 Å². The first kappa shape index (κ1) is 19.1. The van der Waals surface area contributed by atoms with Crippen molar-refractivity contribution >= 4 is 17.2 Å². The van der Waals surface area contributed by atoms with Crippen molar-refractivity contribution in [3.8, 4) is 16.3 Å². The van der Waals surface area contributed by atoms with Gasteiger partial charge in [0, 0.05) is 29.6 Å².